The molecule has 17 heavy (non-hydrogen) atoms. The molecule has 1 aliphatic rings. The lowest BCUT2D eigenvalue weighted by Crippen LogP contribution is -2.33. The van der Waals surface area contributed by atoms with Crippen molar-refractivity contribution in [2.75, 3.05) is 23.7 Å². The van der Waals surface area contributed by atoms with Gasteiger partial charge in [-0.05, 0) is 25.0 Å². The van der Waals surface area contributed by atoms with Gasteiger partial charge in [0.2, 0.25) is 10.0 Å². The second kappa shape index (κ2) is 4.89. The van der Waals surface area contributed by atoms with E-state index in [2.05, 4.69) is 9.71 Å². The van der Waals surface area contributed by atoms with Crippen LogP contribution in [0.5, 0.6) is 0 Å². The first-order chi connectivity index (χ1) is 8.08. The minimum atomic E-state index is -3.38. The van der Waals surface area contributed by atoms with Crippen molar-refractivity contribution < 1.29 is 13.2 Å². The van der Waals surface area contributed by atoms with Crippen LogP contribution in [0.1, 0.15) is 12.8 Å². The lowest BCUT2D eigenvalue weighted by molar-refractivity contribution is 0.0984. The average molecular weight is 257 g/mol. The SMILES string of the molecule is Nc1ccc(NS(=O)(=O)C2CCOCC2)nc1. The molecule has 0 saturated carbocycles. The largest absolute Gasteiger partial charge is 0.397 e. The van der Waals surface area contributed by atoms with Gasteiger partial charge in [0.25, 0.3) is 0 Å². The maximum absolute atomic E-state index is 12.0. The lowest BCUT2D eigenvalue weighted by atomic mass is 10.2. The summed E-state index contributed by atoms with van der Waals surface area (Å²) in [7, 11) is -3.38. The van der Waals surface area contributed by atoms with Crippen LogP contribution in [0.2, 0.25) is 0 Å². The van der Waals surface area contributed by atoms with Crippen molar-refractivity contribution in [3.8, 4) is 0 Å². The van der Waals surface area contributed by atoms with Crippen molar-refractivity contribution in [3.63, 3.8) is 0 Å². The molecule has 0 bridgehead atoms. The number of nitrogen functional groups attached to an aromatic ring is 1. The molecule has 0 aromatic carbocycles. The summed E-state index contributed by atoms with van der Waals surface area (Å²) in [4.78, 5) is 3.91. The Morgan fingerprint density at radius 3 is 2.65 bits per heavy atom. The van der Waals surface area contributed by atoms with Gasteiger partial charge in [-0.25, -0.2) is 13.4 Å². The number of anilines is 2. The number of pyridine rings is 1. The predicted molar refractivity (Wildman–Crippen MR) is 65.0 cm³/mol. The molecule has 1 aliphatic heterocycles. The topological polar surface area (TPSA) is 94.3 Å². The first-order valence-corrected chi connectivity index (χ1v) is 6.93. The number of nitrogens with one attached hydrogen (secondary N) is 1. The van der Waals surface area contributed by atoms with Gasteiger partial charge in [-0.1, -0.05) is 0 Å². The number of hydrogen-bond acceptors (Lipinski definition) is 5. The summed E-state index contributed by atoms with van der Waals surface area (Å²) in [5.41, 5.74) is 5.98. The Morgan fingerprint density at radius 2 is 2.06 bits per heavy atom. The summed E-state index contributed by atoms with van der Waals surface area (Å²) < 4.78 is 31.6. The molecule has 0 spiro atoms. The van der Waals surface area contributed by atoms with Crippen LogP contribution in [0, 0.1) is 0 Å². The van der Waals surface area contributed by atoms with E-state index in [1.165, 1.54) is 6.20 Å². The minimum absolute atomic E-state index is 0.297. The van der Waals surface area contributed by atoms with Gasteiger partial charge >= 0.3 is 0 Å². The van der Waals surface area contributed by atoms with Crippen molar-refractivity contribution in [3.05, 3.63) is 18.3 Å². The van der Waals surface area contributed by atoms with Crippen LogP contribution in [0.3, 0.4) is 0 Å². The van der Waals surface area contributed by atoms with Gasteiger partial charge < -0.3 is 10.5 Å². The number of ether oxygens (including phenoxy) is 1. The molecule has 0 amide bonds. The molecule has 0 unspecified atom stereocenters. The van der Waals surface area contributed by atoms with Gasteiger partial charge in [-0.2, -0.15) is 0 Å². The Balaban J connectivity index is 2.08. The van der Waals surface area contributed by atoms with Gasteiger partial charge in [-0.3, -0.25) is 4.72 Å². The molecule has 0 atom stereocenters. The number of nitrogens with two attached hydrogens (primary N) is 1. The fourth-order valence-corrected chi connectivity index (χ4v) is 3.07. The highest BCUT2D eigenvalue weighted by Crippen LogP contribution is 2.18. The second-order valence-corrected chi connectivity index (χ2v) is 5.90. The quantitative estimate of drug-likeness (QED) is 0.826. The van der Waals surface area contributed by atoms with Gasteiger partial charge in [0, 0.05) is 13.2 Å². The van der Waals surface area contributed by atoms with Crippen molar-refractivity contribution in [1.82, 2.24) is 4.98 Å². The third kappa shape index (κ3) is 3.07. The number of hydrogen-bond donors (Lipinski definition) is 2. The van der Waals surface area contributed by atoms with E-state index in [1.807, 2.05) is 0 Å². The van der Waals surface area contributed by atoms with E-state index >= 15 is 0 Å². The predicted octanol–water partition coefficient (Wildman–Crippen LogP) is 0.584. The van der Waals surface area contributed by atoms with Crippen LogP contribution >= 0.6 is 0 Å². The highest BCUT2D eigenvalue weighted by molar-refractivity contribution is 7.93. The standard InChI is InChI=1S/C10H15N3O3S/c11-8-1-2-10(12-7-8)13-17(14,15)9-3-5-16-6-4-9/h1-2,7,9H,3-6,11H2,(H,12,13). The molecular weight excluding hydrogens is 242 g/mol. The van der Waals surface area contributed by atoms with Crippen LogP contribution in [0.15, 0.2) is 18.3 Å². The summed E-state index contributed by atoms with van der Waals surface area (Å²) >= 11 is 0. The molecule has 1 saturated heterocycles. The van der Waals surface area contributed by atoms with Crippen LogP contribution in [-0.2, 0) is 14.8 Å². The van der Waals surface area contributed by atoms with Crippen LogP contribution < -0.4 is 10.5 Å². The molecule has 0 aliphatic carbocycles. The zero-order chi connectivity index (χ0) is 12.3. The Kier molecular flexibility index (Phi) is 3.49. The number of aromatic nitrogens is 1. The minimum Gasteiger partial charge on any atom is -0.397 e. The number of sulfonamides is 1. The molecule has 94 valence electrons. The zero-order valence-electron chi connectivity index (χ0n) is 9.30. The highest BCUT2D eigenvalue weighted by atomic mass is 32.2. The third-order valence-corrected chi connectivity index (χ3v) is 4.48. The zero-order valence-corrected chi connectivity index (χ0v) is 10.1. The van der Waals surface area contributed by atoms with Crippen molar-refractivity contribution in [2.45, 2.75) is 18.1 Å². The Bertz CT molecular complexity index is 466. The van der Waals surface area contributed by atoms with Crippen LogP contribution in [-0.4, -0.2) is 31.9 Å². The van der Waals surface area contributed by atoms with Gasteiger partial charge in [0.1, 0.15) is 5.82 Å². The second-order valence-electron chi connectivity index (χ2n) is 3.94. The smallest absolute Gasteiger partial charge is 0.236 e. The Hall–Kier alpha value is -1.34. The molecule has 2 heterocycles. The molecule has 1 fully saturated rings. The van der Waals surface area contributed by atoms with Crippen molar-refractivity contribution in [1.29, 1.82) is 0 Å². The molecule has 3 N–H and O–H groups in total. The first-order valence-electron chi connectivity index (χ1n) is 5.39. The Labute approximate surface area is 100 Å². The van der Waals surface area contributed by atoms with Gasteiger partial charge in [0.05, 0.1) is 17.1 Å². The summed E-state index contributed by atoms with van der Waals surface area (Å²) in [6.45, 7) is 0.974. The third-order valence-electron chi connectivity index (χ3n) is 2.64. The molecule has 6 nitrogen and oxygen atoms in total. The van der Waals surface area contributed by atoms with Gasteiger partial charge in [0.15, 0.2) is 0 Å². The normalized spacial score (nSPS) is 17.9. The molecule has 1 aromatic rings. The monoisotopic (exact) mass is 257 g/mol. The fourth-order valence-electron chi connectivity index (χ4n) is 1.68. The molecular formula is C10H15N3O3S. The van der Waals surface area contributed by atoms with E-state index in [4.69, 9.17) is 10.5 Å². The van der Waals surface area contributed by atoms with Crippen LogP contribution in [0.4, 0.5) is 11.5 Å². The summed E-state index contributed by atoms with van der Waals surface area (Å²) in [5.74, 6) is 0.297. The fraction of sp³-hybridized carbons (Fsp3) is 0.500. The van der Waals surface area contributed by atoms with Crippen LogP contribution in [0.25, 0.3) is 0 Å². The van der Waals surface area contributed by atoms with E-state index in [0.717, 1.165) is 0 Å². The summed E-state index contributed by atoms with van der Waals surface area (Å²) in [6, 6.07) is 3.15. The number of rotatable bonds is 3. The maximum Gasteiger partial charge on any atom is 0.236 e. The van der Waals surface area contributed by atoms with E-state index in [-0.39, 0.29) is 0 Å². The van der Waals surface area contributed by atoms with Crippen molar-refractivity contribution in [2.24, 2.45) is 0 Å². The molecule has 7 heteroatoms. The lowest BCUT2D eigenvalue weighted by Gasteiger charge is -2.22. The molecule has 0 radical (unpaired) electrons. The average Bonchev–Trinajstić information content (AvgIpc) is 2.33. The molecule has 2 rings (SSSR count). The summed E-state index contributed by atoms with van der Waals surface area (Å²) in [6.07, 6.45) is 2.45. The molecule has 1 aromatic heterocycles. The first kappa shape index (κ1) is 12.1. The van der Waals surface area contributed by atoms with Crippen molar-refractivity contribution >= 4 is 21.5 Å². The van der Waals surface area contributed by atoms with E-state index in [0.29, 0.717) is 37.6 Å². The van der Waals surface area contributed by atoms with E-state index in [1.54, 1.807) is 12.1 Å². The van der Waals surface area contributed by atoms with E-state index < -0.39 is 15.3 Å². The Morgan fingerprint density at radius 1 is 1.35 bits per heavy atom. The number of nitrogens with zero attached hydrogens (tertiary/aromatic N) is 1. The van der Waals surface area contributed by atoms with E-state index in [9.17, 15) is 8.42 Å². The summed E-state index contributed by atoms with van der Waals surface area (Å²) in [5, 5.41) is -0.407. The maximum atomic E-state index is 12.0. The highest BCUT2D eigenvalue weighted by Gasteiger charge is 2.27. The van der Waals surface area contributed by atoms with Gasteiger partial charge in [-0.15, -0.1) is 0 Å².